The van der Waals surface area contributed by atoms with Gasteiger partial charge in [-0.2, -0.15) is 0 Å². The fraction of sp³-hybridized carbons (Fsp3) is 0. The van der Waals surface area contributed by atoms with E-state index in [4.69, 9.17) is 23.2 Å². The van der Waals surface area contributed by atoms with Crippen LogP contribution in [0.4, 0.5) is 10.8 Å². The van der Waals surface area contributed by atoms with Gasteiger partial charge in [0.2, 0.25) is 5.13 Å². The van der Waals surface area contributed by atoms with Crippen LogP contribution in [0.1, 0.15) is 10.4 Å². The van der Waals surface area contributed by atoms with E-state index in [1.165, 1.54) is 24.3 Å². The van der Waals surface area contributed by atoms with Crippen LogP contribution in [0.3, 0.4) is 0 Å². The molecule has 3 aromatic rings. The number of nitro groups is 1. The van der Waals surface area contributed by atoms with Crippen LogP contribution in [-0.2, 0) is 0 Å². The highest BCUT2D eigenvalue weighted by Gasteiger charge is 2.15. The molecular formula is C15H8Cl2N4O3S. The minimum atomic E-state index is -0.492. The summed E-state index contributed by atoms with van der Waals surface area (Å²) < 4.78 is 0. The second-order valence-corrected chi connectivity index (χ2v) is 6.62. The summed E-state index contributed by atoms with van der Waals surface area (Å²) >= 11 is 12.9. The normalized spacial score (nSPS) is 10.5. The molecule has 126 valence electrons. The average Bonchev–Trinajstić information content (AvgIpc) is 3.05. The van der Waals surface area contributed by atoms with Crippen LogP contribution in [0.2, 0.25) is 10.0 Å². The quantitative estimate of drug-likeness (QED) is 0.511. The molecule has 3 rings (SSSR count). The first-order chi connectivity index (χ1) is 11.9. The van der Waals surface area contributed by atoms with E-state index in [9.17, 15) is 14.9 Å². The van der Waals surface area contributed by atoms with Crippen LogP contribution in [0.5, 0.6) is 0 Å². The summed E-state index contributed by atoms with van der Waals surface area (Å²) in [5.74, 6) is -0.478. The Morgan fingerprint density at radius 2 is 1.96 bits per heavy atom. The van der Waals surface area contributed by atoms with Gasteiger partial charge in [-0.05, 0) is 18.2 Å². The molecule has 2 aromatic carbocycles. The minimum absolute atomic E-state index is 0.0519. The van der Waals surface area contributed by atoms with Gasteiger partial charge in [0.05, 0.1) is 15.5 Å². The molecule has 0 spiro atoms. The molecule has 25 heavy (non-hydrogen) atoms. The van der Waals surface area contributed by atoms with Crippen LogP contribution < -0.4 is 5.32 Å². The van der Waals surface area contributed by atoms with Crippen molar-refractivity contribution in [3.8, 4) is 10.6 Å². The monoisotopic (exact) mass is 394 g/mol. The van der Waals surface area contributed by atoms with Crippen molar-refractivity contribution in [2.45, 2.75) is 0 Å². The molecule has 0 saturated heterocycles. The third-order valence-corrected chi connectivity index (χ3v) is 4.57. The van der Waals surface area contributed by atoms with Crippen molar-refractivity contribution in [1.82, 2.24) is 10.2 Å². The smallest absolute Gasteiger partial charge is 0.270 e. The lowest BCUT2D eigenvalue weighted by molar-refractivity contribution is -0.384. The highest BCUT2D eigenvalue weighted by molar-refractivity contribution is 7.18. The molecule has 0 radical (unpaired) electrons. The van der Waals surface area contributed by atoms with Gasteiger partial charge in [-0.25, -0.2) is 0 Å². The number of nitrogens with one attached hydrogen (secondary N) is 1. The van der Waals surface area contributed by atoms with Crippen LogP contribution in [0.25, 0.3) is 10.6 Å². The Hall–Kier alpha value is -2.55. The summed E-state index contributed by atoms with van der Waals surface area (Å²) in [5.41, 5.74) is 0.693. The number of benzene rings is 2. The zero-order valence-corrected chi connectivity index (χ0v) is 14.6. The molecule has 0 unspecified atom stereocenters. The van der Waals surface area contributed by atoms with Crippen molar-refractivity contribution in [3.63, 3.8) is 0 Å². The summed E-state index contributed by atoms with van der Waals surface area (Å²) in [7, 11) is 0. The van der Waals surface area contributed by atoms with E-state index in [1.807, 2.05) is 0 Å². The number of rotatable bonds is 4. The number of non-ortho nitro benzene ring substituents is 1. The lowest BCUT2D eigenvalue weighted by Gasteiger charge is -2.03. The van der Waals surface area contributed by atoms with Crippen LogP contribution in [0, 0.1) is 10.1 Å². The Labute approximate surface area is 155 Å². The Bertz CT molecular complexity index is 977. The van der Waals surface area contributed by atoms with Gasteiger partial charge in [-0.15, -0.1) is 10.2 Å². The molecule has 0 atom stereocenters. The molecule has 1 heterocycles. The van der Waals surface area contributed by atoms with E-state index in [2.05, 4.69) is 15.5 Å². The van der Waals surface area contributed by atoms with Gasteiger partial charge in [-0.1, -0.05) is 46.7 Å². The van der Waals surface area contributed by atoms with E-state index in [-0.39, 0.29) is 21.4 Å². The van der Waals surface area contributed by atoms with Gasteiger partial charge < -0.3 is 0 Å². The minimum Gasteiger partial charge on any atom is -0.296 e. The summed E-state index contributed by atoms with van der Waals surface area (Å²) in [6, 6.07) is 10.5. The molecule has 1 aromatic heterocycles. The number of hydrogen-bond acceptors (Lipinski definition) is 6. The number of nitro benzene ring substituents is 1. The Balaban J connectivity index is 1.82. The lowest BCUT2D eigenvalue weighted by atomic mass is 10.2. The van der Waals surface area contributed by atoms with Gasteiger partial charge in [-0.3, -0.25) is 20.2 Å². The lowest BCUT2D eigenvalue weighted by Crippen LogP contribution is -2.12. The zero-order chi connectivity index (χ0) is 18.0. The second kappa shape index (κ2) is 7.14. The highest BCUT2D eigenvalue weighted by Crippen LogP contribution is 2.29. The van der Waals surface area contributed by atoms with Crippen molar-refractivity contribution in [1.29, 1.82) is 0 Å². The van der Waals surface area contributed by atoms with Gasteiger partial charge in [0, 0.05) is 22.7 Å². The van der Waals surface area contributed by atoms with E-state index in [1.54, 1.807) is 18.2 Å². The number of carbonyl (C=O) groups is 1. The topological polar surface area (TPSA) is 98.0 Å². The van der Waals surface area contributed by atoms with E-state index < -0.39 is 10.8 Å². The van der Waals surface area contributed by atoms with Crippen LogP contribution in [-0.4, -0.2) is 21.0 Å². The first-order valence-corrected chi connectivity index (χ1v) is 8.36. The third kappa shape index (κ3) is 3.93. The van der Waals surface area contributed by atoms with Crippen LogP contribution in [0.15, 0.2) is 42.5 Å². The largest absolute Gasteiger partial charge is 0.296 e. The SMILES string of the molecule is O=C(Nc1nnc(-c2cccc([N+](=O)[O-])c2)s1)c1cc(Cl)ccc1Cl. The van der Waals surface area contributed by atoms with Crippen molar-refractivity contribution in [2.24, 2.45) is 0 Å². The first kappa shape index (κ1) is 17.3. The molecule has 1 N–H and O–H groups in total. The van der Waals surface area contributed by atoms with Gasteiger partial charge in [0.15, 0.2) is 0 Å². The fourth-order valence-electron chi connectivity index (χ4n) is 1.98. The van der Waals surface area contributed by atoms with Crippen molar-refractivity contribution in [2.75, 3.05) is 5.32 Å². The van der Waals surface area contributed by atoms with Crippen molar-refractivity contribution >= 4 is 51.3 Å². The summed E-state index contributed by atoms with van der Waals surface area (Å²) in [4.78, 5) is 22.6. The molecule has 0 aliphatic rings. The summed E-state index contributed by atoms with van der Waals surface area (Å²) in [6.07, 6.45) is 0. The van der Waals surface area contributed by atoms with Gasteiger partial charge in [0.1, 0.15) is 5.01 Å². The summed E-state index contributed by atoms with van der Waals surface area (Å²) in [5, 5.41) is 22.6. The maximum Gasteiger partial charge on any atom is 0.270 e. The number of nitrogens with zero attached hydrogens (tertiary/aromatic N) is 3. The van der Waals surface area contributed by atoms with Crippen molar-refractivity contribution < 1.29 is 9.72 Å². The standard InChI is InChI=1S/C15H8Cl2N4O3S/c16-9-4-5-12(17)11(7-9)13(22)18-15-20-19-14(25-15)8-2-1-3-10(6-8)21(23)24/h1-7H,(H,18,20,22). The van der Waals surface area contributed by atoms with Crippen LogP contribution >= 0.6 is 34.5 Å². The number of hydrogen-bond donors (Lipinski definition) is 1. The number of aromatic nitrogens is 2. The fourth-order valence-corrected chi connectivity index (χ4v) is 3.09. The predicted octanol–water partition coefficient (Wildman–Crippen LogP) is 4.67. The molecule has 10 heteroatoms. The molecule has 1 amide bonds. The number of carbonyl (C=O) groups excluding carboxylic acids is 1. The average molecular weight is 395 g/mol. The molecular weight excluding hydrogens is 387 g/mol. The maximum atomic E-state index is 12.3. The number of amides is 1. The highest BCUT2D eigenvalue weighted by atomic mass is 35.5. The molecule has 7 nitrogen and oxygen atoms in total. The predicted molar refractivity (Wildman–Crippen MR) is 96.4 cm³/mol. The number of anilines is 1. The molecule has 0 aliphatic carbocycles. The van der Waals surface area contributed by atoms with Crippen molar-refractivity contribution in [3.05, 3.63) is 68.2 Å². The van der Waals surface area contributed by atoms with Gasteiger partial charge in [0.25, 0.3) is 11.6 Å². The Morgan fingerprint density at radius 3 is 2.72 bits per heavy atom. The molecule has 0 saturated carbocycles. The van der Waals surface area contributed by atoms with Gasteiger partial charge >= 0.3 is 0 Å². The zero-order valence-electron chi connectivity index (χ0n) is 12.3. The Kier molecular flexibility index (Phi) is 4.93. The number of halogens is 2. The Morgan fingerprint density at radius 1 is 1.16 bits per heavy atom. The maximum absolute atomic E-state index is 12.3. The molecule has 0 aliphatic heterocycles. The van der Waals surface area contributed by atoms with E-state index in [0.29, 0.717) is 15.6 Å². The second-order valence-electron chi connectivity index (χ2n) is 4.80. The van der Waals surface area contributed by atoms with E-state index >= 15 is 0 Å². The first-order valence-electron chi connectivity index (χ1n) is 6.79. The summed E-state index contributed by atoms with van der Waals surface area (Å²) in [6.45, 7) is 0. The molecule has 0 fully saturated rings. The third-order valence-electron chi connectivity index (χ3n) is 3.12. The molecule has 0 bridgehead atoms. The van der Waals surface area contributed by atoms with E-state index in [0.717, 1.165) is 11.3 Å².